The molecule has 0 bridgehead atoms. The van der Waals surface area contributed by atoms with Crippen molar-refractivity contribution in [3.63, 3.8) is 0 Å². The van der Waals surface area contributed by atoms with E-state index in [0.717, 1.165) is 27.1 Å². The minimum Gasteiger partial charge on any atom is -0.497 e. The van der Waals surface area contributed by atoms with Gasteiger partial charge in [0.05, 0.1) is 35.9 Å². The van der Waals surface area contributed by atoms with Gasteiger partial charge in [-0.25, -0.2) is 4.98 Å². The number of amides is 2. The van der Waals surface area contributed by atoms with E-state index in [-0.39, 0.29) is 24.3 Å². The average Bonchev–Trinajstić information content (AvgIpc) is 3.11. The van der Waals surface area contributed by atoms with Crippen molar-refractivity contribution >= 4 is 33.4 Å². The molecule has 0 N–H and O–H groups in total. The number of methoxy groups -OCH3 is 1. The number of rotatable bonds is 4. The number of piperidine rings is 1. The Hall–Kier alpha value is -2.67. The number of aromatic nitrogens is 2. The van der Waals surface area contributed by atoms with Crippen molar-refractivity contribution in [1.82, 2.24) is 14.3 Å². The fourth-order valence-corrected chi connectivity index (χ4v) is 3.89. The second-order valence-corrected chi connectivity index (χ2v) is 7.34. The number of imide groups is 1. The summed E-state index contributed by atoms with van der Waals surface area (Å²) in [4.78, 5) is 31.3. The molecule has 1 aliphatic rings. The molecule has 2 aromatic heterocycles. The van der Waals surface area contributed by atoms with Gasteiger partial charge in [-0.2, -0.15) is 0 Å². The van der Waals surface area contributed by atoms with Gasteiger partial charge in [0, 0.05) is 12.6 Å². The minimum atomic E-state index is -0.384. The molecule has 0 saturated carbocycles. The van der Waals surface area contributed by atoms with Crippen molar-refractivity contribution in [3.8, 4) is 5.75 Å². The number of nitrogens with zero attached hydrogens (tertiary/aromatic N) is 3. The number of carbonyl (C=O) groups is 2. The van der Waals surface area contributed by atoms with Gasteiger partial charge in [0.15, 0.2) is 5.65 Å². The summed E-state index contributed by atoms with van der Waals surface area (Å²) in [6, 6.07) is 11.2. The van der Waals surface area contributed by atoms with Crippen molar-refractivity contribution in [2.24, 2.45) is 0 Å². The van der Waals surface area contributed by atoms with Crippen LogP contribution in [0.15, 0.2) is 53.3 Å². The average molecular weight is 428 g/mol. The Balaban J connectivity index is 1.62. The largest absolute Gasteiger partial charge is 0.497 e. The van der Waals surface area contributed by atoms with Crippen molar-refractivity contribution in [2.45, 2.75) is 25.3 Å². The summed E-state index contributed by atoms with van der Waals surface area (Å²) in [7, 11) is 1.60. The normalized spacial score (nSPS) is 17.6. The Morgan fingerprint density at radius 1 is 1.22 bits per heavy atom. The van der Waals surface area contributed by atoms with E-state index in [1.54, 1.807) is 13.3 Å². The summed E-state index contributed by atoms with van der Waals surface area (Å²) in [6.45, 7) is 0.262. The molecular weight excluding hydrogens is 410 g/mol. The molecule has 0 radical (unpaired) electrons. The van der Waals surface area contributed by atoms with Gasteiger partial charge in [0.2, 0.25) is 11.8 Å². The van der Waals surface area contributed by atoms with E-state index in [2.05, 4.69) is 20.9 Å². The number of pyridine rings is 1. The van der Waals surface area contributed by atoms with Gasteiger partial charge in [-0.05, 0) is 52.2 Å². The van der Waals surface area contributed by atoms with E-state index >= 15 is 0 Å². The molecule has 3 heterocycles. The quantitative estimate of drug-likeness (QED) is 0.597. The molecule has 138 valence electrons. The molecule has 1 saturated heterocycles. The van der Waals surface area contributed by atoms with Crippen molar-refractivity contribution in [1.29, 1.82) is 0 Å². The highest BCUT2D eigenvalue weighted by molar-refractivity contribution is 9.10. The third-order valence-electron chi connectivity index (χ3n) is 4.89. The molecule has 27 heavy (non-hydrogen) atoms. The van der Waals surface area contributed by atoms with Gasteiger partial charge in [-0.1, -0.05) is 12.1 Å². The third kappa shape index (κ3) is 3.23. The maximum atomic E-state index is 13.1. The summed E-state index contributed by atoms with van der Waals surface area (Å²) in [5.41, 5.74) is 2.46. The number of hydrogen-bond acceptors (Lipinski definition) is 4. The van der Waals surface area contributed by atoms with Crippen LogP contribution in [0.1, 0.15) is 30.0 Å². The fourth-order valence-electron chi connectivity index (χ4n) is 3.44. The van der Waals surface area contributed by atoms with E-state index < -0.39 is 0 Å². The van der Waals surface area contributed by atoms with Gasteiger partial charge in [0.25, 0.3) is 0 Å². The smallest absolute Gasteiger partial charge is 0.238 e. The van der Waals surface area contributed by atoms with Crippen LogP contribution in [0.5, 0.6) is 5.75 Å². The Morgan fingerprint density at radius 2 is 2.00 bits per heavy atom. The first-order chi connectivity index (χ1) is 13.1. The first-order valence-electron chi connectivity index (χ1n) is 8.67. The lowest BCUT2D eigenvalue weighted by Gasteiger charge is -2.30. The van der Waals surface area contributed by atoms with Crippen molar-refractivity contribution in [3.05, 3.63) is 64.5 Å². The van der Waals surface area contributed by atoms with Crippen LogP contribution in [-0.2, 0) is 16.1 Å². The van der Waals surface area contributed by atoms with Gasteiger partial charge < -0.3 is 9.14 Å². The zero-order valence-electron chi connectivity index (χ0n) is 14.8. The highest BCUT2D eigenvalue weighted by atomic mass is 79.9. The number of halogens is 1. The number of ether oxygens (including phenoxy) is 1. The Morgan fingerprint density at radius 3 is 2.74 bits per heavy atom. The highest BCUT2D eigenvalue weighted by Gasteiger charge is 2.36. The fraction of sp³-hybridized carbons (Fsp3) is 0.250. The SMILES string of the molecule is COc1ccc(CN2C(=O)CCC(c3cnc4c(Br)cccn34)C2=O)cc1. The van der Waals surface area contributed by atoms with Gasteiger partial charge >= 0.3 is 0 Å². The maximum absolute atomic E-state index is 13.1. The van der Waals surface area contributed by atoms with E-state index in [4.69, 9.17) is 4.74 Å². The van der Waals surface area contributed by atoms with E-state index in [1.165, 1.54) is 4.90 Å². The molecular formula is C20H18BrN3O3. The van der Waals surface area contributed by atoms with Gasteiger partial charge in [-0.15, -0.1) is 0 Å². The van der Waals surface area contributed by atoms with E-state index in [9.17, 15) is 9.59 Å². The summed E-state index contributed by atoms with van der Waals surface area (Å²) in [5.74, 6) is 0.0420. The molecule has 1 atom stereocenters. The molecule has 1 aromatic carbocycles. The molecule has 0 spiro atoms. The Kier molecular flexibility index (Phi) is 4.70. The number of hydrogen-bond donors (Lipinski definition) is 0. The second-order valence-electron chi connectivity index (χ2n) is 6.49. The summed E-state index contributed by atoms with van der Waals surface area (Å²) in [6.07, 6.45) is 4.45. The van der Waals surface area contributed by atoms with Crippen LogP contribution in [0.25, 0.3) is 5.65 Å². The zero-order valence-corrected chi connectivity index (χ0v) is 16.3. The summed E-state index contributed by atoms with van der Waals surface area (Å²) in [5, 5.41) is 0. The molecule has 4 rings (SSSR count). The van der Waals surface area contributed by atoms with Crippen LogP contribution in [0.2, 0.25) is 0 Å². The highest BCUT2D eigenvalue weighted by Crippen LogP contribution is 2.31. The molecule has 7 heteroatoms. The van der Waals surface area contributed by atoms with Crippen LogP contribution in [0, 0.1) is 0 Å². The predicted octanol–water partition coefficient (Wildman–Crippen LogP) is 3.54. The predicted molar refractivity (Wildman–Crippen MR) is 103 cm³/mol. The van der Waals surface area contributed by atoms with Crippen molar-refractivity contribution in [2.75, 3.05) is 7.11 Å². The lowest BCUT2D eigenvalue weighted by molar-refractivity contribution is -0.150. The third-order valence-corrected chi connectivity index (χ3v) is 5.50. The van der Waals surface area contributed by atoms with Crippen molar-refractivity contribution < 1.29 is 14.3 Å². The molecule has 3 aromatic rings. The van der Waals surface area contributed by atoms with Gasteiger partial charge in [0.1, 0.15) is 5.75 Å². The molecule has 2 amide bonds. The molecule has 0 aliphatic carbocycles. The topological polar surface area (TPSA) is 63.9 Å². The molecule has 1 unspecified atom stereocenters. The van der Waals surface area contributed by atoms with E-state index in [1.807, 2.05) is 47.0 Å². The summed E-state index contributed by atoms with van der Waals surface area (Å²) < 4.78 is 7.93. The van der Waals surface area contributed by atoms with Crippen LogP contribution >= 0.6 is 15.9 Å². The first kappa shape index (κ1) is 17.7. The monoisotopic (exact) mass is 427 g/mol. The number of carbonyl (C=O) groups excluding carboxylic acids is 2. The standard InChI is InChI=1S/C20H18BrN3O3/c1-27-14-6-4-13(5-7-14)12-24-18(25)9-8-15(20(24)26)17-11-22-19-16(21)3-2-10-23(17)19/h2-7,10-11,15H,8-9,12H2,1H3. The lowest BCUT2D eigenvalue weighted by Crippen LogP contribution is -2.43. The van der Waals surface area contributed by atoms with Crippen LogP contribution < -0.4 is 4.74 Å². The van der Waals surface area contributed by atoms with Gasteiger partial charge in [-0.3, -0.25) is 14.5 Å². The first-order valence-corrected chi connectivity index (χ1v) is 9.46. The van der Waals surface area contributed by atoms with Crippen LogP contribution in [-0.4, -0.2) is 33.2 Å². The second kappa shape index (κ2) is 7.15. The Labute approximate surface area is 164 Å². The number of benzene rings is 1. The molecule has 1 fully saturated rings. The minimum absolute atomic E-state index is 0.137. The number of fused-ring (bicyclic) bond motifs is 1. The maximum Gasteiger partial charge on any atom is 0.238 e. The molecule has 1 aliphatic heterocycles. The summed E-state index contributed by atoms with van der Waals surface area (Å²) >= 11 is 3.48. The molecule has 6 nitrogen and oxygen atoms in total. The number of imidazole rings is 1. The Bertz CT molecular complexity index is 1010. The van der Waals surface area contributed by atoms with Crippen LogP contribution in [0.4, 0.5) is 0 Å². The number of likely N-dealkylation sites (tertiary alicyclic amines) is 1. The zero-order chi connectivity index (χ0) is 19.0. The lowest BCUT2D eigenvalue weighted by atomic mass is 9.93. The van der Waals surface area contributed by atoms with Crippen LogP contribution in [0.3, 0.4) is 0 Å². The van der Waals surface area contributed by atoms with E-state index in [0.29, 0.717) is 12.8 Å².